The Hall–Kier alpha value is -2.21. The predicted molar refractivity (Wildman–Crippen MR) is 103 cm³/mol. The Morgan fingerprint density at radius 3 is 2.67 bits per heavy atom. The first-order valence-corrected chi connectivity index (χ1v) is 9.55. The van der Waals surface area contributed by atoms with Crippen molar-refractivity contribution in [2.24, 2.45) is 0 Å². The van der Waals surface area contributed by atoms with E-state index in [-0.39, 0.29) is 23.5 Å². The average molecular weight is 371 g/mol. The number of hydrogen-bond donors (Lipinski definition) is 1. The van der Waals surface area contributed by atoms with Crippen LogP contribution in [0.3, 0.4) is 0 Å². The number of carbonyl (C=O) groups is 2. The lowest BCUT2D eigenvalue weighted by Crippen LogP contribution is -2.52. The molecule has 6 heteroatoms. The molecule has 27 heavy (non-hydrogen) atoms. The smallest absolute Gasteiger partial charge is 0.247 e. The Balaban J connectivity index is 1.96. The summed E-state index contributed by atoms with van der Waals surface area (Å²) in [5.74, 6) is -0.488. The molecular weight excluding hydrogens is 342 g/mol. The van der Waals surface area contributed by atoms with E-state index < -0.39 is 11.6 Å². The van der Waals surface area contributed by atoms with Gasteiger partial charge in [0.2, 0.25) is 11.8 Å². The zero-order chi connectivity index (χ0) is 19.7. The molecule has 2 aliphatic rings. The SMILES string of the molecule is C=CC(=O)N(C1COC2(CCC2)C1)C(C(=O)NC(C)(C)C)c1cccnc1. The summed E-state index contributed by atoms with van der Waals surface area (Å²) >= 11 is 0. The molecule has 6 nitrogen and oxygen atoms in total. The normalized spacial score (nSPS) is 22.0. The zero-order valence-corrected chi connectivity index (χ0v) is 16.4. The van der Waals surface area contributed by atoms with Crippen LogP contribution in [-0.4, -0.2) is 45.5 Å². The lowest BCUT2D eigenvalue weighted by Gasteiger charge is -2.39. The molecule has 146 valence electrons. The van der Waals surface area contributed by atoms with Gasteiger partial charge in [0, 0.05) is 23.5 Å². The van der Waals surface area contributed by atoms with Gasteiger partial charge in [0.05, 0.1) is 18.2 Å². The largest absolute Gasteiger partial charge is 0.373 e. The van der Waals surface area contributed by atoms with Crippen LogP contribution in [0.25, 0.3) is 0 Å². The molecule has 2 unspecified atom stereocenters. The van der Waals surface area contributed by atoms with Crippen LogP contribution in [0.4, 0.5) is 0 Å². The van der Waals surface area contributed by atoms with Gasteiger partial charge in [0.1, 0.15) is 6.04 Å². The van der Waals surface area contributed by atoms with Gasteiger partial charge in [-0.25, -0.2) is 0 Å². The van der Waals surface area contributed by atoms with Crippen LogP contribution < -0.4 is 5.32 Å². The van der Waals surface area contributed by atoms with Crippen molar-refractivity contribution in [1.82, 2.24) is 15.2 Å². The van der Waals surface area contributed by atoms with Crippen LogP contribution in [0, 0.1) is 0 Å². The van der Waals surface area contributed by atoms with E-state index >= 15 is 0 Å². The number of amides is 2. The zero-order valence-electron chi connectivity index (χ0n) is 16.4. The van der Waals surface area contributed by atoms with Crippen LogP contribution in [0.5, 0.6) is 0 Å². The second-order valence-corrected chi connectivity index (χ2v) is 8.58. The van der Waals surface area contributed by atoms with Crippen molar-refractivity contribution in [2.75, 3.05) is 6.61 Å². The van der Waals surface area contributed by atoms with E-state index in [1.807, 2.05) is 26.8 Å². The van der Waals surface area contributed by atoms with Crippen LogP contribution in [-0.2, 0) is 14.3 Å². The van der Waals surface area contributed by atoms with E-state index in [4.69, 9.17) is 4.74 Å². The van der Waals surface area contributed by atoms with Crippen LogP contribution in [0.15, 0.2) is 37.2 Å². The molecule has 1 aromatic rings. The summed E-state index contributed by atoms with van der Waals surface area (Å²) in [6.07, 6.45) is 8.52. The van der Waals surface area contributed by atoms with Crippen LogP contribution in [0.1, 0.15) is 58.1 Å². The van der Waals surface area contributed by atoms with Crippen molar-refractivity contribution < 1.29 is 14.3 Å². The molecule has 3 rings (SSSR count). The quantitative estimate of drug-likeness (QED) is 0.808. The highest BCUT2D eigenvalue weighted by atomic mass is 16.5. The molecule has 2 atom stereocenters. The molecule has 1 aromatic heterocycles. The Morgan fingerprint density at radius 1 is 1.44 bits per heavy atom. The predicted octanol–water partition coefficient (Wildman–Crippen LogP) is 2.76. The number of pyridine rings is 1. The molecule has 2 fully saturated rings. The molecule has 1 spiro atoms. The van der Waals surface area contributed by atoms with Crippen LogP contribution in [0.2, 0.25) is 0 Å². The fraction of sp³-hybridized carbons (Fsp3) is 0.571. The average Bonchev–Trinajstić information content (AvgIpc) is 3.03. The molecule has 0 aromatic carbocycles. The molecular formula is C21H29N3O3. The maximum atomic E-state index is 13.2. The number of aromatic nitrogens is 1. The first kappa shape index (κ1) is 19.5. The van der Waals surface area contributed by atoms with Crippen molar-refractivity contribution in [1.29, 1.82) is 0 Å². The second kappa shape index (κ2) is 7.43. The lowest BCUT2D eigenvalue weighted by molar-refractivity contribution is -0.140. The van der Waals surface area contributed by atoms with Gasteiger partial charge in [-0.3, -0.25) is 14.6 Å². The molecule has 1 N–H and O–H groups in total. The molecule has 1 saturated carbocycles. The Kier molecular flexibility index (Phi) is 5.38. The number of hydrogen-bond acceptors (Lipinski definition) is 4. The molecule has 1 saturated heterocycles. The number of ether oxygens (including phenoxy) is 1. The number of nitrogens with one attached hydrogen (secondary N) is 1. The minimum atomic E-state index is -0.771. The monoisotopic (exact) mass is 371 g/mol. The maximum absolute atomic E-state index is 13.2. The highest BCUT2D eigenvalue weighted by Crippen LogP contribution is 2.45. The number of nitrogens with zero attached hydrogens (tertiary/aromatic N) is 2. The van der Waals surface area contributed by atoms with Crippen molar-refractivity contribution in [3.05, 3.63) is 42.7 Å². The van der Waals surface area contributed by atoms with E-state index in [1.54, 1.807) is 23.4 Å². The van der Waals surface area contributed by atoms with E-state index in [9.17, 15) is 9.59 Å². The van der Waals surface area contributed by atoms with E-state index in [2.05, 4.69) is 16.9 Å². The highest BCUT2D eigenvalue weighted by molar-refractivity contribution is 5.93. The molecule has 2 amide bonds. The van der Waals surface area contributed by atoms with Gasteiger partial charge in [0.15, 0.2) is 0 Å². The third kappa shape index (κ3) is 4.21. The molecule has 1 aliphatic heterocycles. The summed E-state index contributed by atoms with van der Waals surface area (Å²) in [5, 5.41) is 3.01. The summed E-state index contributed by atoms with van der Waals surface area (Å²) in [6.45, 7) is 9.87. The topological polar surface area (TPSA) is 71.5 Å². The van der Waals surface area contributed by atoms with Gasteiger partial charge in [0.25, 0.3) is 0 Å². The molecule has 0 radical (unpaired) electrons. The van der Waals surface area contributed by atoms with Gasteiger partial charge in [-0.2, -0.15) is 0 Å². The van der Waals surface area contributed by atoms with Gasteiger partial charge < -0.3 is 15.0 Å². The van der Waals surface area contributed by atoms with E-state index in [0.717, 1.165) is 25.7 Å². The number of carbonyl (C=O) groups excluding carboxylic acids is 2. The van der Waals surface area contributed by atoms with Crippen molar-refractivity contribution in [2.45, 2.75) is 69.7 Å². The number of rotatable bonds is 5. The second-order valence-electron chi connectivity index (χ2n) is 8.58. The summed E-state index contributed by atoms with van der Waals surface area (Å²) in [7, 11) is 0. The highest BCUT2D eigenvalue weighted by Gasteiger charge is 2.49. The van der Waals surface area contributed by atoms with Crippen LogP contribution >= 0.6 is 0 Å². The Bertz CT molecular complexity index is 707. The summed E-state index contributed by atoms with van der Waals surface area (Å²) in [4.78, 5) is 31.9. The molecule has 0 bridgehead atoms. The minimum absolute atomic E-state index is 0.121. The fourth-order valence-electron chi connectivity index (χ4n) is 3.96. The van der Waals surface area contributed by atoms with Crippen molar-refractivity contribution >= 4 is 11.8 Å². The van der Waals surface area contributed by atoms with Crippen molar-refractivity contribution in [3.8, 4) is 0 Å². The summed E-state index contributed by atoms with van der Waals surface area (Å²) in [5.41, 5.74) is 0.149. The fourth-order valence-corrected chi connectivity index (χ4v) is 3.96. The van der Waals surface area contributed by atoms with Gasteiger partial charge in [-0.05, 0) is 58.6 Å². The third-order valence-corrected chi connectivity index (χ3v) is 5.30. The van der Waals surface area contributed by atoms with E-state index in [1.165, 1.54) is 6.08 Å². The summed E-state index contributed by atoms with van der Waals surface area (Å²) in [6, 6.07) is 2.68. The summed E-state index contributed by atoms with van der Waals surface area (Å²) < 4.78 is 6.06. The van der Waals surface area contributed by atoms with Gasteiger partial charge in [-0.15, -0.1) is 0 Å². The molecule has 1 aliphatic carbocycles. The lowest BCUT2D eigenvalue weighted by atomic mass is 9.77. The first-order chi connectivity index (χ1) is 12.7. The molecule has 2 heterocycles. The van der Waals surface area contributed by atoms with Crippen molar-refractivity contribution in [3.63, 3.8) is 0 Å². The standard InChI is InChI=1S/C21H29N3O3/c1-5-17(25)24(16-12-21(27-14-16)9-7-10-21)18(15-8-6-11-22-13-15)19(26)23-20(2,3)4/h5-6,8,11,13,16,18H,1,7,9-10,12,14H2,2-4H3,(H,23,26). The third-order valence-electron chi connectivity index (χ3n) is 5.30. The Morgan fingerprint density at radius 2 is 2.19 bits per heavy atom. The van der Waals surface area contributed by atoms with Gasteiger partial charge in [-0.1, -0.05) is 12.6 Å². The maximum Gasteiger partial charge on any atom is 0.247 e. The minimum Gasteiger partial charge on any atom is -0.373 e. The van der Waals surface area contributed by atoms with Gasteiger partial charge >= 0.3 is 0 Å². The Labute approximate surface area is 161 Å². The van der Waals surface area contributed by atoms with E-state index in [0.29, 0.717) is 12.2 Å². The first-order valence-electron chi connectivity index (χ1n) is 9.55.